The monoisotopic (exact) mass is 510 g/mol. The van der Waals surface area contributed by atoms with E-state index >= 15 is 0 Å². The largest absolute Gasteiger partial charge is 0.486 e. The van der Waals surface area contributed by atoms with Gasteiger partial charge in [0, 0.05) is 13.1 Å². The molecule has 0 radical (unpaired) electrons. The van der Waals surface area contributed by atoms with Gasteiger partial charge in [-0.05, 0) is 44.3 Å². The molecule has 2 aromatic carbocycles. The molecule has 0 saturated heterocycles. The molecular weight excluding hydrogens is 479 g/mol. The standard InChI is InChI=1S/C22H30N4O2.HI/c1-4-23-22(24-13-17-8-7-9-18(12-17)15-26(2)3)25-14-19-16-27-20-10-5-6-11-21(20)28-19;/h5-12,19H,4,13-16H2,1-3H3,(H2,23,24,25);1H. The first kappa shape index (κ1) is 23.3. The second-order valence-electron chi connectivity index (χ2n) is 7.13. The first-order chi connectivity index (χ1) is 13.6. The number of hydrogen-bond donors (Lipinski definition) is 2. The molecule has 29 heavy (non-hydrogen) atoms. The summed E-state index contributed by atoms with van der Waals surface area (Å²) in [5.74, 6) is 2.38. The Morgan fingerprint density at radius 2 is 1.83 bits per heavy atom. The fourth-order valence-electron chi connectivity index (χ4n) is 3.08. The van der Waals surface area contributed by atoms with Gasteiger partial charge in [0.25, 0.3) is 0 Å². The zero-order valence-corrected chi connectivity index (χ0v) is 19.7. The van der Waals surface area contributed by atoms with Gasteiger partial charge >= 0.3 is 0 Å². The third-order valence-electron chi connectivity index (χ3n) is 4.32. The number of hydrogen-bond acceptors (Lipinski definition) is 4. The van der Waals surface area contributed by atoms with Crippen molar-refractivity contribution in [2.75, 3.05) is 33.8 Å². The molecule has 0 spiro atoms. The van der Waals surface area contributed by atoms with Gasteiger partial charge in [-0.1, -0.05) is 36.4 Å². The van der Waals surface area contributed by atoms with Crippen LogP contribution in [0.15, 0.2) is 53.5 Å². The zero-order chi connectivity index (χ0) is 19.8. The van der Waals surface area contributed by atoms with Crippen LogP contribution in [0.3, 0.4) is 0 Å². The lowest BCUT2D eigenvalue weighted by molar-refractivity contribution is 0.0936. The molecule has 158 valence electrons. The number of ether oxygens (including phenoxy) is 2. The molecule has 7 heteroatoms. The Balaban J connectivity index is 0.00000300. The van der Waals surface area contributed by atoms with Crippen LogP contribution < -0.4 is 20.1 Å². The Hall–Kier alpha value is -2.00. The van der Waals surface area contributed by atoms with E-state index in [1.165, 1.54) is 11.1 Å². The third-order valence-corrected chi connectivity index (χ3v) is 4.32. The number of halogens is 1. The number of para-hydroxylation sites is 2. The van der Waals surface area contributed by atoms with Crippen molar-refractivity contribution in [2.45, 2.75) is 26.1 Å². The van der Waals surface area contributed by atoms with Crippen molar-refractivity contribution in [2.24, 2.45) is 4.99 Å². The summed E-state index contributed by atoms with van der Waals surface area (Å²) >= 11 is 0. The Bertz CT molecular complexity index is 798. The zero-order valence-electron chi connectivity index (χ0n) is 17.4. The van der Waals surface area contributed by atoms with Crippen LogP contribution in [0.2, 0.25) is 0 Å². The van der Waals surface area contributed by atoms with Gasteiger partial charge in [0.2, 0.25) is 0 Å². The minimum atomic E-state index is -0.0535. The van der Waals surface area contributed by atoms with Crippen molar-refractivity contribution in [1.29, 1.82) is 0 Å². The number of guanidine groups is 1. The second-order valence-corrected chi connectivity index (χ2v) is 7.13. The number of fused-ring (bicyclic) bond motifs is 1. The molecular formula is C22H31IN4O2. The fourth-order valence-corrected chi connectivity index (χ4v) is 3.08. The van der Waals surface area contributed by atoms with Crippen LogP contribution in [0.25, 0.3) is 0 Å². The van der Waals surface area contributed by atoms with Gasteiger partial charge < -0.3 is 25.0 Å². The van der Waals surface area contributed by atoms with E-state index in [0.717, 1.165) is 30.5 Å². The molecule has 6 nitrogen and oxygen atoms in total. The van der Waals surface area contributed by atoms with E-state index in [1.54, 1.807) is 0 Å². The molecule has 0 bridgehead atoms. The van der Waals surface area contributed by atoms with E-state index < -0.39 is 0 Å². The number of nitrogens with one attached hydrogen (secondary N) is 2. The first-order valence-electron chi connectivity index (χ1n) is 9.77. The van der Waals surface area contributed by atoms with E-state index in [4.69, 9.17) is 14.5 Å². The molecule has 2 N–H and O–H groups in total. The van der Waals surface area contributed by atoms with E-state index in [9.17, 15) is 0 Å². The highest BCUT2D eigenvalue weighted by Gasteiger charge is 2.20. The number of rotatable bonds is 7. The maximum atomic E-state index is 6.00. The quantitative estimate of drug-likeness (QED) is 0.340. The summed E-state index contributed by atoms with van der Waals surface area (Å²) in [5.41, 5.74) is 2.49. The fraction of sp³-hybridized carbons (Fsp3) is 0.409. The van der Waals surface area contributed by atoms with Gasteiger partial charge in [0.05, 0.1) is 13.1 Å². The van der Waals surface area contributed by atoms with Crippen molar-refractivity contribution in [3.8, 4) is 11.5 Å². The van der Waals surface area contributed by atoms with Crippen molar-refractivity contribution in [1.82, 2.24) is 15.5 Å². The molecule has 0 amide bonds. The average molecular weight is 510 g/mol. The van der Waals surface area contributed by atoms with Crippen LogP contribution in [-0.4, -0.2) is 50.8 Å². The molecule has 0 saturated carbocycles. The summed E-state index contributed by atoms with van der Waals surface area (Å²) in [6.07, 6.45) is -0.0535. The molecule has 0 fully saturated rings. The number of benzene rings is 2. The Morgan fingerprint density at radius 1 is 1.07 bits per heavy atom. The Morgan fingerprint density at radius 3 is 2.59 bits per heavy atom. The highest BCUT2D eigenvalue weighted by Crippen LogP contribution is 2.30. The van der Waals surface area contributed by atoms with Crippen LogP contribution in [0.4, 0.5) is 0 Å². The summed E-state index contributed by atoms with van der Waals surface area (Å²) in [7, 11) is 4.15. The maximum absolute atomic E-state index is 6.00. The molecule has 1 heterocycles. The van der Waals surface area contributed by atoms with Crippen molar-refractivity contribution >= 4 is 29.9 Å². The maximum Gasteiger partial charge on any atom is 0.191 e. The van der Waals surface area contributed by atoms with E-state index in [2.05, 4.69) is 60.8 Å². The van der Waals surface area contributed by atoms with Crippen molar-refractivity contribution < 1.29 is 9.47 Å². The highest BCUT2D eigenvalue weighted by atomic mass is 127. The lowest BCUT2D eigenvalue weighted by Crippen LogP contribution is -2.45. The smallest absolute Gasteiger partial charge is 0.191 e. The lowest BCUT2D eigenvalue weighted by atomic mass is 10.1. The Labute approximate surface area is 190 Å². The third kappa shape index (κ3) is 7.40. The molecule has 1 aliphatic rings. The van der Waals surface area contributed by atoms with E-state index in [-0.39, 0.29) is 30.1 Å². The minimum Gasteiger partial charge on any atom is -0.486 e. The summed E-state index contributed by atoms with van der Waals surface area (Å²) in [4.78, 5) is 6.88. The second kappa shape index (κ2) is 11.9. The van der Waals surface area contributed by atoms with Gasteiger partial charge in [0.1, 0.15) is 12.7 Å². The number of aliphatic imine (C=N–C) groups is 1. The highest BCUT2D eigenvalue weighted by molar-refractivity contribution is 14.0. The van der Waals surface area contributed by atoms with Crippen LogP contribution >= 0.6 is 24.0 Å². The molecule has 3 rings (SSSR count). The summed E-state index contributed by atoms with van der Waals surface area (Å²) in [6, 6.07) is 16.3. The van der Waals surface area contributed by atoms with Crippen molar-refractivity contribution in [3.05, 3.63) is 59.7 Å². The SMILES string of the molecule is CCNC(=NCc1cccc(CN(C)C)c1)NCC1COc2ccccc2O1.I. The van der Waals surface area contributed by atoms with Crippen LogP contribution in [-0.2, 0) is 13.1 Å². The first-order valence-corrected chi connectivity index (χ1v) is 9.77. The van der Waals surface area contributed by atoms with Crippen molar-refractivity contribution in [3.63, 3.8) is 0 Å². The van der Waals surface area contributed by atoms with E-state index in [1.807, 2.05) is 24.3 Å². The van der Waals surface area contributed by atoms with Gasteiger partial charge in [-0.3, -0.25) is 0 Å². The van der Waals surface area contributed by atoms with E-state index in [0.29, 0.717) is 19.7 Å². The molecule has 0 aromatic heterocycles. The Kier molecular flexibility index (Phi) is 9.53. The predicted octanol–water partition coefficient (Wildman–Crippen LogP) is 3.26. The predicted molar refractivity (Wildman–Crippen MR) is 128 cm³/mol. The normalized spacial score (nSPS) is 15.6. The molecule has 2 aromatic rings. The summed E-state index contributed by atoms with van der Waals surface area (Å²) < 4.78 is 11.8. The van der Waals surface area contributed by atoms with Crippen LogP contribution in [0.1, 0.15) is 18.1 Å². The molecule has 1 aliphatic heterocycles. The van der Waals surface area contributed by atoms with Gasteiger partial charge in [-0.2, -0.15) is 0 Å². The summed E-state index contributed by atoms with van der Waals surface area (Å²) in [6.45, 7) is 5.57. The van der Waals surface area contributed by atoms with Crippen LogP contribution in [0, 0.1) is 0 Å². The molecule has 1 atom stereocenters. The van der Waals surface area contributed by atoms with Gasteiger partial charge in [-0.25, -0.2) is 4.99 Å². The number of nitrogens with zero attached hydrogens (tertiary/aromatic N) is 2. The summed E-state index contributed by atoms with van der Waals surface area (Å²) in [5, 5.41) is 6.66. The molecule has 0 aliphatic carbocycles. The molecule has 1 unspecified atom stereocenters. The van der Waals surface area contributed by atoms with Crippen LogP contribution in [0.5, 0.6) is 11.5 Å². The van der Waals surface area contributed by atoms with Gasteiger partial charge in [0.15, 0.2) is 17.5 Å². The van der Waals surface area contributed by atoms with Gasteiger partial charge in [-0.15, -0.1) is 24.0 Å². The minimum absolute atomic E-state index is 0. The average Bonchev–Trinajstić information content (AvgIpc) is 2.70. The topological polar surface area (TPSA) is 58.1 Å². The lowest BCUT2D eigenvalue weighted by Gasteiger charge is -2.27.